The van der Waals surface area contributed by atoms with Gasteiger partial charge in [-0.1, -0.05) is 11.6 Å². The lowest BCUT2D eigenvalue weighted by molar-refractivity contribution is -0.255. The molecule has 5 heteroatoms. The summed E-state index contributed by atoms with van der Waals surface area (Å²) in [5, 5.41) is 0.143. The van der Waals surface area contributed by atoms with E-state index in [2.05, 4.69) is 10.7 Å². The van der Waals surface area contributed by atoms with Gasteiger partial charge in [0.05, 0.1) is 0 Å². The van der Waals surface area contributed by atoms with Crippen LogP contribution in [0.5, 0.6) is 0 Å². The molecule has 0 radical (unpaired) electrons. The summed E-state index contributed by atoms with van der Waals surface area (Å²) in [7, 11) is 0. The molecule has 0 spiro atoms. The number of nitrogens with one attached hydrogen (secondary N) is 1. The Labute approximate surface area is 67.0 Å². The topological polar surface area (TPSA) is 77.6 Å². The van der Waals surface area contributed by atoms with Crippen LogP contribution in [0.2, 0.25) is 5.15 Å². The third-order valence-electron chi connectivity index (χ3n) is 1.11. The summed E-state index contributed by atoms with van der Waals surface area (Å²) in [4.78, 5) is 23.8. The molecule has 1 aromatic heterocycles. The second-order valence-corrected chi connectivity index (χ2v) is 2.41. The number of rotatable bonds is 1. The van der Waals surface area contributed by atoms with Crippen molar-refractivity contribution in [2.45, 2.75) is 0 Å². The molecule has 0 unspecified atom stereocenters. The monoisotopic (exact) mass is 173 g/mol. The van der Waals surface area contributed by atoms with Crippen LogP contribution in [0.15, 0.2) is 16.9 Å². The van der Waals surface area contributed by atoms with Crippen LogP contribution >= 0.6 is 11.6 Å². The average Bonchev–Trinajstić information content (AvgIpc) is 1.85. The minimum atomic E-state index is -0.454. The predicted octanol–water partition coefficient (Wildman–Crippen LogP) is -0.590. The fraction of sp³-hybridized carbons (Fsp3) is 0. The first-order valence-corrected chi connectivity index (χ1v) is 3.23. The van der Waals surface area contributed by atoms with Gasteiger partial charge >= 0.3 is 5.91 Å². The van der Waals surface area contributed by atoms with Crippen molar-refractivity contribution in [3.63, 3.8) is 0 Å². The highest BCUT2D eigenvalue weighted by Gasteiger charge is 2.05. The molecule has 0 atom stereocenters. The van der Waals surface area contributed by atoms with E-state index in [0.29, 0.717) is 0 Å². The Kier molecular flexibility index (Phi) is 2.07. The number of quaternary nitrogens is 1. The molecule has 0 bridgehead atoms. The van der Waals surface area contributed by atoms with E-state index in [0.717, 1.165) is 6.07 Å². The number of pyridine rings is 1. The van der Waals surface area contributed by atoms with E-state index in [1.165, 1.54) is 6.07 Å². The summed E-state index contributed by atoms with van der Waals surface area (Å²) < 4.78 is 0. The summed E-state index contributed by atoms with van der Waals surface area (Å²) in [6.07, 6.45) is 0. The number of carbonyl (C=O) groups excluding carboxylic acids is 1. The fourth-order valence-electron chi connectivity index (χ4n) is 0.660. The van der Waals surface area contributed by atoms with Gasteiger partial charge in [0.1, 0.15) is 10.8 Å². The molecule has 0 aromatic carbocycles. The van der Waals surface area contributed by atoms with Crippen LogP contribution < -0.4 is 11.2 Å². The quantitative estimate of drug-likeness (QED) is 0.557. The zero-order valence-corrected chi connectivity index (χ0v) is 6.31. The van der Waals surface area contributed by atoms with Gasteiger partial charge in [-0.3, -0.25) is 10.5 Å². The van der Waals surface area contributed by atoms with Gasteiger partial charge in [0, 0.05) is 12.1 Å². The summed E-state index contributed by atoms with van der Waals surface area (Å²) in [6, 6.07) is 2.34. The van der Waals surface area contributed by atoms with Crippen molar-refractivity contribution in [2.75, 3.05) is 0 Å². The molecule has 0 saturated heterocycles. The summed E-state index contributed by atoms with van der Waals surface area (Å²) in [5.74, 6) is -0.454. The minimum absolute atomic E-state index is 0.127. The molecule has 0 aliphatic carbocycles. The average molecular weight is 174 g/mol. The number of halogens is 1. The van der Waals surface area contributed by atoms with E-state index in [9.17, 15) is 9.59 Å². The lowest BCUT2D eigenvalue weighted by Crippen LogP contribution is -2.57. The molecule has 1 rings (SSSR count). The first-order chi connectivity index (χ1) is 5.09. The predicted molar refractivity (Wildman–Crippen MR) is 39.3 cm³/mol. The summed E-state index contributed by atoms with van der Waals surface area (Å²) in [6.45, 7) is 0. The Balaban J connectivity index is 3.30. The first kappa shape index (κ1) is 7.97. The standard InChI is InChI=1S/C6H5ClN2O2/c7-5-2-3(10)1-4(9-5)6(8)11/h1-2H,(H2,8,11)(H,9,10)/p+1. The summed E-state index contributed by atoms with van der Waals surface area (Å²) >= 11 is 5.46. The van der Waals surface area contributed by atoms with Crippen LogP contribution in [-0.4, -0.2) is 10.9 Å². The second kappa shape index (κ2) is 2.86. The van der Waals surface area contributed by atoms with Gasteiger partial charge in [0.15, 0.2) is 5.43 Å². The molecule has 0 fully saturated rings. The lowest BCUT2D eigenvalue weighted by atomic mass is 10.3. The zero-order valence-electron chi connectivity index (χ0n) is 5.56. The molecule has 0 aliphatic rings. The molecule has 1 amide bonds. The van der Waals surface area contributed by atoms with Crippen LogP contribution in [0.1, 0.15) is 10.5 Å². The smallest absolute Gasteiger partial charge is 0.338 e. The van der Waals surface area contributed by atoms with Crippen molar-refractivity contribution in [1.29, 1.82) is 0 Å². The van der Waals surface area contributed by atoms with Crippen LogP contribution in [-0.2, 0) is 0 Å². The van der Waals surface area contributed by atoms with Crippen LogP contribution in [0.25, 0.3) is 0 Å². The molecule has 4 N–H and O–H groups in total. The van der Waals surface area contributed by atoms with E-state index in [1.807, 2.05) is 0 Å². The lowest BCUT2D eigenvalue weighted by Gasteiger charge is -1.92. The third kappa shape index (κ3) is 1.89. The van der Waals surface area contributed by atoms with Gasteiger partial charge < -0.3 is 4.98 Å². The van der Waals surface area contributed by atoms with Gasteiger partial charge in [0.25, 0.3) is 0 Å². The summed E-state index contributed by atoms with van der Waals surface area (Å²) in [5.41, 5.74) is 2.95. The Morgan fingerprint density at radius 2 is 2.18 bits per heavy atom. The highest BCUT2D eigenvalue weighted by atomic mass is 35.5. The normalized spacial score (nSPS) is 9.64. The number of aromatic amines is 1. The van der Waals surface area contributed by atoms with E-state index in [4.69, 9.17) is 11.6 Å². The van der Waals surface area contributed by atoms with Crippen molar-refractivity contribution in [3.8, 4) is 0 Å². The van der Waals surface area contributed by atoms with Crippen LogP contribution in [0.3, 0.4) is 0 Å². The Morgan fingerprint density at radius 3 is 2.64 bits per heavy atom. The number of aromatic nitrogens is 1. The molecule has 11 heavy (non-hydrogen) atoms. The highest BCUT2D eigenvalue weighted by Crippen LogP contribution is 1.99. The van der Waals surface area contributed by atoms with Crippen LogP contribution in [0, 0.1) is 0 Å². The largest absolute Gasteiger partial charge is 0.357 e. The molecule has 4 nitrogen and oxygen atoms in total. The van der Waals surface area contributed by atoms with E-state index in [1.54, 1.807) is 0 Å². The third-order valence-corrected chi connectivity index (χ3v) is 1.31. The van der Waals surface area contributed by atoms with Crippen molar-refractivity contribution in [1.82, 2.24) is 4.98 Å². The molecule has 1 aromatic rings. The van der Waals surface area contributed by atoms with Crippen molar-refractivity contribution in [2.24, 2.45) is 0 Å². The Hall–Kier alpha value is -1.13. The SMILES string of the molecule is [NH3+]C(=O)c1cc(=O)cc(Cl)[nH]1. The van der Waals surface area contributed by atoms with E-state index >= 15 is 0 Å². The molecule has 58 valence electrons. The van der Waals surface area contributed by atoms with E-state index < -0.39 is 5.91 Å². The number of hydrogen-bond donors (Lipinski definition) is 2. The van der Waals surface area contributed by atoms with Crippen molar-refractivity contribution >= 4 is 17.5 Å². The van der Waals surface area contributed by atoms with Crippen molar-refractivity contribution < 1.29 is 10.5 Å². The van der Waals surface area contributed by atoms with Crippen LogP contribution in [0.4, 0.5) is 0 Å². The van der Waals surface area contributed by atoms with Gasteiger partial charge in [-0.05, 0) is 0 Å². The molecule has 1 heterocycles. The van der Waals surface area contributed by atoms with Gasteiger partial charge in [-0.15, -0.1) is 0 Å². The Morgan fingerprint density at radius 1 is 1.55 bits per heavy atom. The fourth-order valence-corrected chi connectivity index (χ4v) is 0.869. The molecular weight excluding hydrogens is 168 g/mol. The van der Waals surface area contributed by atoms with E-state index in [-0.39, 0.29) is 16.3 Å². The Bertz CT molecular complexity index is 345. The maximum atomic E-state index is 10.7. The minimum Gasteiger partial charge on any atom is -0.338 e. The van der Waals surface area contributed by atoms with Gasteiger partial charge in [0.2, 0.25) is 0 Å². The molecule has 0 aliphatic heterocycles. The maximum Gasteiger partial charge on any atom is 0.357 e. The first-order valence-electron chi connectivity index (χ1n) is 2.86. The van der Waals surface area contributed by atoms with Gasteiger partial charge in [-0.2, -0.15) is 0 Å². The number of H-pyrrole nitrogens is 1. The second-order valence-electron chi connectivity index (χ2n) is 2.00. The zero-order chi connectivity index (χ0) is 8.43. The number of hydrogen-bond acceptors (Lipinski definition) is 2. The number of carbonyl (C=O) groups is 1. The van der Waals surface area contributed by atoms with Gasteiger partial charge in [-0.25, -0.2) is 4.79 Å². The number of amides is 1. The highest BCUT2D eigenvalue weighted by molar-refractivity contribution is 6.29. The molecule has 0 saturated carbocycles. The maximum absolute atomic E-state index is 10.7. The molecular formula is C6H6ClN2O2+. The van der Waals surface area contributed by atoms with Crippen molar-refractivity contribution in [3.05, 3.63) is 33.2 Å².